The number of thioether (sulfide) groups is 1. The minimum absolute atomic E-state index is 0.511. The van der Waals surface area contributed by atoms with Crippen molar-refractivity contribution in [3.05, 3.63) is 11.6 Å². The summed E-state index contributed by atoms with van der Waals surface area (Å²) in [5.41, 5.74) is 1.52. The van der Waals surface area contributed by atoms with E-state index in [1.165, 1.54) is 19.7 Å². The van der Waals surface area contributed by atoms with Gasteiger partial charge in [-0.1, -0.05) is 6.92 Å². The Bertz CT molecular complexity index is 448. The van der Waals surface area contributed by atoms with Gasteiger partial charge in [0.15, 0.2) is 0 Å². The lowest BCUT2D eigenvalue weighted by Crippen LogP contribution is -2.57. The van der Waals surface area contributed by atoms with Gasteiger partial charge < -0.3 is 5.32 Å². The van der Waals surface area contributed by atoms with Gasteiger partial charge in [0.2, 0.25) is 0 Å². The molecule has 0 radical (unpaired) electrons. The highest BCUT2D eigenvalue weighted by Crippen LogP contribution is 2.46. The number of likely N-dealkylation sites (N-methyl/N-ethyl adjacent to an activating group) is 1. The molecule has 1 aromatic rings. The van der Waals surface area contributed by atoms with Crippen LogP contribution in [0.15, 0.2) is 14.5 Å². The average Bonchev–Trinajstić information content (AvgIpc) is 2.79. The third kappa shape index (κ3) is 2.84. The fourth-order valence-corrected chi connectivity index (χ4v) is 6.59. The van der Waals surface area contributed by atoms with Crippen molar-refractivity contribution in [2.45, 2.75) is 40.4 Å². The standard InChI is InChI=1S/C13H21N3S3/c1-4-14-19-11-5-9-12-10(7-17-13(9)18-11)16(3)6-8(2)15-12/h5,8,10,12,14-15H,4,6-7H2,1-3H3. The van der Waals surface area contributed by atoms with Crippen LogP contribution in [0.3, 0.4) is 0 Å². The predicted octanol–water partition coefficient (Wildman–Crippen LogP) is 2.80. The molecule has 2 N–H and O–H groups in total. The Morgan fingerprint density at radius 3 is 3.21 bits per heavy atom. The van der Waals surface area contributed by atoms with Crippen LogP contribution in [0.4, 0.5) is 0 Å². The highest BCUT2D eigenvalue weighted by Gasteiger charge is 2.38. The lowest BCUT2D eigenvalue weighted by molar-refractivity contribution is 0.134. The summed E-state index contributed by atoms with van der Waals surface area (Å²) in [6, 6.07) is 4.11. The van der Waals surface area contributed by atoms with Crippen molar-refractivity contribution in [3.63, 3.8) is 0 Å². The van der Waals surface area contributed by atoms with E-state index in [9.17, 15) is 0 Å². The lowest BCUT2D eigenvalue weighted by Gasteiger charge is -2.45. The lowest BCUT2D eigenvalue weighted by atomic mass is 9.97. The molecule has 106 valence electrons. The quantitative estimate of drug-likeness (QED) is 0.837. The Hall–Kier alpha value is 0.280. The predicted molar refractivity (Wildman–Crippen MR) is 86.3 cm³/mol. The van der Waals surface area contributed by atoms with E-state index in [1.807, 2.05) is 23.1 Å². The summed E-state index contributed by atoms with van der Waals surface area (Å²) in [6.45, 7) is 6.59. The third-order valence-electron chi connectivity index (χ3n) is 3.72. The summed E-state index contributed by atoms with van der Waals surface area (Å²) in [5.74, 6) is 1.21. The van der Waals surface area contributed by atoms with Gasteiger partial charge in [-0.05, 0) is 37.5 Å². The van der Waals surface area contributed by atoms with Crippen LogP contribution in [0.1, 0.15) is 25.5 Å². The Morgan fingerprint density at radius 1 is 1.58 bits per heavy atom. The zero-order valence-electron chi connectivity index (χ0n) is 11.6. The van der Waals surface area contributed by atoms with Crippen LogP contribution in [0.25, 0.3) is 0 Å². The number of fused-ring (bicyclic) bond motifs is 3. The second-order valence-corrected chi connectivity index (χ2v) is 8.80. The van der Waals surface area contributed by atoms with E-state index in [-0.39, 0.29) is 0 Å². The molecule has 1 aromatic heterocycles. The Labute approximate surface area is 128 Å². The van der Waals surface area contributed by atoms with Crippen molar-refractivity contribution >= 4 is 35.0 Å². The van der Waals surface area contributed by atoms with Crippen molar-refractivity contribution in [1.29, 1.82) is 0 Å². The van der Waals surface area contributed by atoms with E-state index in [2.05, 4.69) is 41.9 Å². The minimum Gasteiger partial charge on any atom is -0.305 e. The number of rotatable bonds is 3. The second-order valence-electron chi connectivity index (χ2n) is 5.27. The summed E-state index contributed by atoms with van der Waals surface area (Å²) in [5, 5.41) is 3.80. The molecular formula is C13H21N3S3. The van der Waals surface area contributed by atoms with Gasteiger partial charge in [-0.3, -0.25) is 9.62 Å². The van der Waals surface area contributed by atoms with Crippen molar-refractivity contribution in [2.75, 3.05) is 25.9 Å². The molecule has 2 aliphatic heterocycles. The van der Waals surface area contributed by atoms with Crippen LogP contribution < -0.4 is 10.0 Å². The summed E-state index contributed by atoms with van der Waals surface area (Å²) in [4.78, 5) is 2.52. The van der Waals surface area contributed by atoms with Crippen LogP contribution in [-0.2, 0) is 0 Å². The number of nitrogens with zero attached hydrogens (tertiary/aromatic N) is 1. The van der Waals surface area contributed by atoms with Gasteiger partial charge in [-0.15, -0.1) is 23.1 Å². The normalized spacial score (nSPS) is 31.0. The maximum atomic E-state index is 3.80. The molecule has 0 bridgehead atoms. The third-order valence-corrected chi connectivity index (χ3v) is 7.32. The molecule has 1 fully saturated rings. The largest absolute Gasteiger partial charge is 0.305 e. The topological polar surface area (TPSA) is 27.3 Å². The van der Waals surface area contributed by atoms with Crippen molar-refractivity contribution < 1.29 is 0 Å². The zero-order chi connectivity index (χ0) is 13.4. The zero-order valence-corrected chi connectivity index (χ0v) is 14.1. The fourth-order valence-electron chi connectivity index (χ4n) is 2.86. The smallest absolute Gasteiger partial charge is 0.0766 e. The minimum atomic E-state index is 0.511. The maximum Gasteiger partial charge on any atom is 0.0766 e. The van der Waals surface area contributed by atoms with E-state index >= 15 is 0 Å². The molecule has 19 heavy (non-hydrogen) atoms. The first kappa shape index (κ1) is 14.2. The monoisotopic (exact) mass is 315 g/mol. The summed E-state index contributed by atoms with van der Waals surface area (Å²) >= 11 is 5.74. The molecule has 2 aliphatic rings. The van der Waals surface area contributed by atoms with E-state index in [1.54, 1.807) is 11.9 Å². The van der Waals surface area contributed by atoms with Gasteiger partial charge in [-0.2, -0.15) is 0 Å². The van der Waals surface area contributed by atoms with Crippen LogP contribution in [0.2, 0.25) is 0 Å². The highest BCUT2D eigenvalue weighted by atomic mass is 32.2. The van der Waals surface area contributed by atoms with E-state index in [0.717, 1.165) is 13.1 Å². The first-order chi connectivity index (χ1) is 9.19. The molecule has 3 heterocycles. The van der Waals surface area contributed by atoms with Crippen LogP contribution in [0.5, 0.6) is 0 Å². The fraction of sp³-hybridized carbons (Fsp3) is 0.692. The van der Waals surface area contributed by atoms with Gasteiger partial charge >= 0.3 is 0 Å². The second kappa shape index (κ2) is 5.95. The Kier molecular flexibility index (Phi) is 4.46. The molecule has 0 spiro atoms. The van der Waals surface area contributed by atoms with Gasteiger partial charge in [-0.25, -0.2) is 0 Å². The molecule has 3 unspecified atom stereocenters. The SMILES string of the molecule is CCNSc1cc2c(s1)SCC1C2NC(C)CN1C. The van der Waals surface area contributed by atoms with Gasteiger partial charge in [0.25, 0.3) is 0 Å². The highest BCUT2D eigenvalue weighted by molar-refractivity contribution is 8.02. The van der Waals surface area contributed by atoms with E-state index in [0.29, 0.717) is 18.1 Å². The van der Waals surface area contributed by atoms with Gasteiger partial charge in [0.1, 0.15) is 0 Å². The molecule has 3 atom stereocenters. The van der Waals surface area contributed by atoms with Crippen LogP contribution in [0, 0.1) is 0 Å². The summed E-state index contributed by atoms with van der Waals surface area (Å²) in [7, 11) is 2.27. The van der Waals surface area contributed by atoms with Crippen LogP contribution in [-0.4, -0.2) is 42.9 Å². The molecule has 0 saturated carbocycles. The number of hydrogen-bond acceptors (Lipinski definition) is 6. The average molecular weight is 316 g/mol. The number of thiophene rings is 1. The Morgan fingerprint density at radius 2 is 2.42 bits per heavy atom. The molecule has 0 amide bonds. The number of hydrogen-bond donors (Lipinski definition) is 2. The van der Waals surface area contributed by atoms with Gasteiger partial charge in [0, 0.05) is 30.9 Å². The summed E-state index contributed by atoms with van der Waals surface area (Å²) < 4.78 is 6.25. The molecule has 1 saturated heterocycles. The maximum absolute atomic E-state index is 3.80. The molecule has 0 aromatic carbocycles. The van der Waals surface area contributed by atoms with Crippen molar-refractivity contribution in [1.82, 2.24) is 14.9 Å². The molecule has 3 nitrogen and oxygen atoms in total. The number of nitrogens with one attached hydrogen (secondary N) is 2. The van der Waals surface area contributed by atoms with E-state index in [4.69, 9.17) is 0 Å². The molecular weight excluding hydrogens is 294 g/mol. The van der Waals surface area contributed by atoms with Crippen LogP contribution >= 0.6 is 35.0 Å². The molecule has 6 heteroatoms. The first-order valence-electron chi connectivity index (χ1n) is 6.81. The van der Waals surface area contributed by atoms with Crippen molar-refractivity contribution in [2.24, 2.45) is 0 Å². The number of piperazine rings is 1. The first-order valence-corrected chi connectivity index (χ1v) is 9.43. The Balaban J connectivity index is 1.84. The van der Waals surface area contributed by atoms with E-state index < -0.39 is 0 Å². The molecule has 0 aliphatic carbocycles. The van der Waals surface area contributed by atoms with Gasteiger partial charge in [0.05, 0.1) is 14.5 Å². The molecule has 3 rings (SSSR count). The van der Waals surface area contributed by atoms with Crippen molar-refractivity contribution in [3.8, 4) is 0 Å². The summed E-state index contributed by atoms with van der Waals surface area (Å²) in [6.07, 6.45) is 0.